The maximum Gasteiger partial charge on any atom is 0.360 e. The maximum absolute atomic E-state index is 10.8. The third-order valence-electron chi connectivity index (χ3n) is 0.859. The second kappa shape index (κ2) is 3.88. The molecule has 0 aromatic heterocycles. The lowest BCUT2D eigenvalue weighted by molar-refractivity contribution is 0.202. The zero-order chi connectivity index (χ0) is 8.20. The topological polar surface area (TPSA) is 66.8 Å². The fourth-order valence-electron chi connectivity index (χ4n) is 0.395. The number of aliphatic hydroxyl groups excluding tert-OH is 1. The van der Waals surface area contributed by atoms with E-state index in [0.29, 0.717) is 0 Å². The summed E-state index contributed by atoms with van der Waals surface area (Å²) in [4.78, 5) is 8.80. The third kappa shape index (κ3) is 2.62. The lowest BCUT2D eigenvalue weighted by Crippen LogP contribution is -2.05. The van der Waals surface area contributed by atoms with Crippen molar-refractivity contribution in [3.05, 3.63) is 12.7 Å². The van der Waals surface area contributed by atoms with E-state index in [1.807, 2.05) is 0 Å². The molecule has 60 valence electrons. The SMILES string of the molecule is C=CC(O)P(=O)(O)OCC. The lowest BCUT2D eigenvalue weighted by Gasteiger charge is -2.12. The molecule has 0 aromatic rings. The average molecular weight is 166 g/mol. The highest BCUT2D eigenvalue weighted by Crippen LogP contribution is 2.46. The summed E-state index contributed by atoms with van der Waals surface area (Å²) in [6.45, 7) is 4.81. The van der Waals surface area contributed by atoms with Crippen molar-refractivity contribution < 1.29 is 19.1 Å². The summed E-state index contributed by atoms with van der Waals surface area (Å²) in [6, 6.07) is 0. The van der Waals surface area contributed by atoms with E-state index in [4.69, 9.17) is 10.00 Å². The molecule has 0 saturated heterocycles. The van der Waals surface area contributed by atoms with Crippen LogP contribution in [-0.4, -0.2) is 22.5 Å². The number of rotatable bonds is 4. The lowest BCUT2D eigenvalue weighted by atomic mass is 10.7. The van der Waals surface area contributed by atoms with Gasteiger partial charge in [-0.3, -0.25) is 4.57 Å². The van der Waals surface area contributed by atoms with Gasteiger partial charge in [-0.1, -0.05) is 12.7 Å². The van der Waals surface area contributed by atoms with Gasteiger partial charge in [0, 0.05) is 0 Å². The van der Waals surface area contributed by atoms with Crippen molar-refractivity contribution in [1.29, 1.82) is 0 Å². The summed E-state index contributed by atoms with van der Waals surface area (Å²) < 4.78 is 15.1. The molecule has 0 aliphatic carbocycles. The van der Waals surface area contributed by atoms with E-state index in [1.165, 1.54) is 0 Å². The van der Waals surface area contributed by atoms with Crippen LogP contribution in [0.1, 0.15) is 6.92 Å². The Bertz CT molecular complexity index is 156. The molecule has 0 aliphatic rings. The molecule has 2 unspecified atom stereocenters. The highest BCUT2D eigenvalue weighted by molar-refractivity contribution is 7.53. The van der Waals surface area contributed by atoms with Crippen LogP contribution in [0.15, 0.2) is 12.7 Å². The molecule has 0 radical (unpaired) electrons. The van der Waals surface area contributed by atoms with Crippen LogP contribution in [0.5, 0.6) is 0 Å². The van der Waals surface area contributed by atoms with Gasteiger partial charge < -0.3 is 14.5 Å². The van der Waals surface area contributed by atoms with Crippen molar-refractivity contribution in [3.8, 4) is 0 Å². The minimum atomic E-state index is -3.85. The highest BCUT2D eigenvalue weighted by Gasteiger charge is 2.26. The Labute approximate surface area is 59.7 Å². The second-order valence-corrected chi connectivity index (χ2v) is 3.55. The van der Waals surface area contributed by atoms with E-state index in [9.17, 15) is 4.57 Å². The van der Waals surface area contributed by atoms with Crippen molar-refractivity contribution >= 4 is 7.60 Å². The molecule has 5 heteroatoms. The van der Waals surface area contributed by atoms with Gasteiger partial charge in [-0.05, 0) is 6.92 Å². The standard InChI is InChI=1S/C5H11O4P/c1-3-5(6)10(7,8)9-4-2/h3,5-6H,1,4H2,2H3,(H,7,8). The molecule has 0 aromatic carbocycles. The largest absolute Gasteiger partial charge is 0.377 e. The molecule has 0 bridgehead atoms. The molecule has 10 heavy (non-hydrogen) atoms. The average Bonchev–Trinajstić information content (AvgIpc) is 1.86. The Balaban J connectivity index is 4.09. The predicted octanol–water partition coefficient (Wildman–Crippen LogP) is 0.713. The molecule has 2 N–H and O–H groups in total. The van der Waals surface area contributed by atoms with Gasteiger partial charge in [0.25, 0.3) is 0 Å². The van der Waals surface area contributed by atoms with E-state index in [2.05, 4.69) is 11.1 Å². The van der Waals surface area contributed by atoms with Crippen molar-refractivity contribution in [1.82, 2.24) is 0 Å². The maximum atomic E-state index is 10.8. The summed E-state index contributed by atoms with van der Waals surface area (Å²) >= 11 is 0. The first-order valence-corrected chi connectivity index (χ1v) is 4.47. The Morgan fingerprint density at radius 3 is 2.70 bits per heavy atom. The number of hydrogen-bond acceptors (Lipinski definition) is 3. The van der Waals surface area contributed by atoms with Crippen LogP contribution < -0.4 is 0 Å². The fourth-order valence-corrected chi connectivity index (χ4v) is 1.18. The van der Waals surface area contributed by atoms with Gasteiger partial charge in [0.1, 0.15) is 0 Å². The molecule has 0 rings (SSSR count). The molecule has 0 fully saturated rings. The van der Waals surface area contributed by atoms with E-state index in [-0.39, 0.29) is 6.61 Å². The van der Waals surface area contributed by atoms with Gasteiger partial charge in [0.05, 0.1) is 6.61 Å². The van der Waals surface area contributed by atoms with Gasteiger partial charge in [-0.2, -0.15) is 0 Å². The Morgan fingerprint density at radius 2 is 2.40 bits per heavy atom. The number of hydrogen-bond donors (Lipinski definition) is 2. The van der Waals surface area contributed by atoms with Crippen LogP contribution >= 0.6 is 7.60 Å². The normalized spacial score (nSPS) is 19.5. The van der Waals surface area contributed by atoms with E-state index in [1.54, 1.807) is 6.92 Å². The monoisotopic (exact) mass is 166 g/mol. The first kappa shape index (κ1) is 9.85. The van der Waals surface area contributed by atoms with Crippen LogP contribution in [0.25, 0.3) is 0 Å². The molecule has 0 aliphatic heterocycles. The molecule has 0 spiro atoms. The molecule has 0 heterocycles. The molecule has 0 saturated carbocycles. The summed E-state index contributed by atoms with van der Waals surface area (Å²) in [5.41, 5.74) is 0. The highest BCUT2D eigenvalue weighted by atomic mass is 31.2. The zero-order valence-corrected chi connectivity index (χ0v) is 6.62. The summed E-state index contributed by atoms with van der Waals surface area (Å²) in [5.74, 6) is -1.48. The van der Waals surface area contributed by atoms with Crippen LogP contribution in [0.2, 0.25) is 0 Å². The van der Waals surface area contributed by atoms with E-state index in [0.717, 1.165) is 6.08 Å². The molecular weight excluding hydrogens is 155 g/mol. The van der Waals surface area contributed by atoms with Crippen LogP contribution in [-0.2, 0) is 9.09 Å². The number of aliphatic hydroxyl groups is 1. The first-order chi connectivity index (χ1) is 4.54. The summed E-state index contributed by atoms with van der Waals surface area (Å²) in [5, 5.41) is 8.76. The Hall–Kier alpha value is -0.150. The van der Waals surface area contributed by atoms with Crippen LogP contribution in [0.3, 0.4) is 0 Å². The van der Waals surface area contributed by atoms with Crippen molar-refractivity contribution in [2.24, 2.45) is 0 Å². The summed E-state index contributed by atoms with van der Waals surface area (Å²) in [7, 11) is -3.85. The van der Waals surface area contributed by atoms with Crippen molar-refractivity contribution in [2.45, 2.75) is 12.8 Å². The van der Waals surface area contributed by atoms with Gasteiger partial charge in [0.2, 0.25) is 0 Å². The van der Waals surface area contributed by atoms with Gasteiger partial charge in [-0.15, -0.1) is 0 Å². The van der Waals surface area contributed by atoms with Crippen molar-refractivity contribution in [3.63, 3.8) is 0 Å². The van der Waals surface area contributed by atoms with Gasteiger partial charge in [-0.25, -0.2) is 0 Å². The smallest absolute Gasteiger partial charge is 0.360 e. The predicted molar refractivity (Wildman–Crippen MR) is 37.7 cm³/mol. The molecular formula is C5H11O4P. The third-order valence-corrected chi connectivity index (χ3v) is 2.37. The minimum absolute atomic E-state index is 0.0959. The van der Waals surface area contributed by atoms with Gasteiger partial charge >= 0.3 is 7.60 Å². The molecule has 2 atom stereocenters. The van der Waals surface area contributed by atoms with Crippen LogP contribution in [0.4, 0.5) is 0 Å². The van der Waals surface area contributed by atoms with Crippen LogP contribution in [0, 0.1) is 0 Å². The van der Waals surface area contributed by atoms with Crippen molar-refractivity contribution in [2.75, 3.05) is 6.61 Å². The zero-order valence-electron chi connectivity index (χ0n) is 5.73. The Morgan fingerprint density at radius 1 is 1.90 bits per heavy atom. The second-order valence-electron chi connectivity index (χ2n) is 1.63. The minimum Gasteiger partial charge on any atom is -0.377 e. The Kier molecular flexibility index (Phi) is 3.83. The summed E-state index contributed by atoms with van der Waals surface area (Å²) in [6.07, 6.45) is 0.969. The first-order valence-electron chi connectivity index (χ1n) is 2.82. The van der Waals surface area contributed by atoms with E-state index < -0.39 is 13.4 Å². The van der Waals surface area contributed by atoms with Gasteiger partial charge in [0.15, 0.2) is 5.85 Å². The van der Waals surface area contributed by atoms with E-state index >= 15 is 0 Å². The fraction of sp³-hybridized carbons (Fsp3) is 0.600. The quantitative estimate of drug-likeness (QED) is 0.476. The molecule has 4 nitrogen and oxygen atoms in total. The molecule has 0 amide bonds.